The molecule has 2 aromatic carbocycles. The molecule has 0 spiro atoms. The third kappa shape index (κ3) is 3.61. The lowest BCUT2D eigenvalue weighted by Gasteiger charge is -2.10. The second-order valence-corrected chi connectivity index (χ2v) is 6.07. The van der Waals surface area contributed by atoms with E-state index in [1.807, 2.05) is 19.1 Å². The summed E-state index contributed by atoms with van der Waals surface area (Å²) in [4.78, 5) is 12.2. The second-order valence-electron chi connectivity index (χ2n) is 4.04. The van der Waals surface area contributed by atoms with Crippen LogP contribution >= 0.6 is 45.8 Å². The third-order valence-corrected chi connectivity index (χ3v) is 4.03. The highest BCUT2D eigenvalue weighted by molar-refractivity contribution is 14.1. The Morgan fingerprint density at radius 1 is 1.11 bits per heavy atom. The summed E-state index contributed by atoms with van der Waals surface area (Å²) < 4.78 is 0.846. The first-order valence-corrected chi connectivity index (χ1v) is 7.33. The Balaban J connectivity index is 2.30. The molecule has 0 unspecified atom stereocenters. The van der Waals surface area contributed by atoms with Gasteiger partial charge in [-0.1, -0.05) is 29.3 Å². The molecule has 0 aliphatic carbocycles. The lowest BCUT2D eigenvalue weighted by molar-refractivity contribution is 0.102. The van der Waals surface area contributed by atoms with Crippen molar-refractivity contribution in [3.05, 3.63) is 61.1 Å². The molecular formula is C14H10Cl2INO. The van der Waals surface area contributed by atoms with E-state index in [1.165, 1.54) is 0 Å². The number of hydrogen-bond donors (Lipinski definition) is 1. The molecule has 2 rings (SSSR count). The number of benzene rings is 2. The molecular weight excluding hydrogens is 396 g/mol. The van der Waals surface area contributed by atoms with Crippen molar-refractivity contribution >= 4 is 57.4 Å². The van der Waals surface area contributed by atoms with Crippen molar-refractivity contribution in [1.29, 1.82) is 0 Å². The Morgan fingerprint density at radius 2 is 1.74 bits per heavy atom. The number of amides is 1. The van der Waals surface area contributed by atoms with E-state index in [1.54, 1.807) is 24.3 Å². The minimum absolute atomic E-state index is 0.197. The number of carbonyl (C=O) groups is 1. The van der Waals surface area contributed by atoms with Gasteiger partial charge in [-0.05, 0) is 65.4 Å². The van der Waals surface area contributed by atoms with E-state index in [4.69, 9.17) is 23.2 Å². The lowest BCUT2D eigenvalue weighted by Crippen LogP contribution is -2.14. The van der Waals surface area contributed by atoms with Crippen LogP contribution in [0.2, 0.25) is 10.0 Å². The van der Waals surface area contributed by atoms with Crippen molar-refractivity contribution in [2.24, 2.45) is 0 Å². The average molecular weight is 406 g/mol. The molecule has 1 amide bonds. The van der Waals surface area contributed by atoms with Crippen LogP contribution in [0, 0.1) is 10.5 Å². The van der Waals surface area contributed by atoms with Crippen LogP contribution < -0.4 is 5.32 Å². The molecule has 0 saturated carbocycles. The molecule has 0 aliphatic rings. The monoisotopic (exact) mass is 405 g/mol. The molecule has 0 radical (unpaired) electrons. The molecule has 5 heteroatoms. The van der Waals surface area contributed by atoms with Crippen LogP contribution in [0.5, 0.6) is 0 Å². The largest absolute Gasteiger partial charge is 0.322 e. The lowest BCUT2D eigenvalue weighted by atomic mass is 10.1. The predicted octanol–water partition coefficient (Wildman–Crippen LogP) is 5.16. The Morgan fingerprint density at radius 3 is 2.47 bits per heavy atom. The summed E-state index contributed by atoms with van der Waals surface area (Å²) in [6.45, 7) is 1.91. The normalized spacial score (nSPS) is 10.3. The van der Waals surface area contributed by atoms with Gasteiger partial charge >= 0.3 is 0 Å². The first-order valence-electron chi connectivity index (χ1n) is 5.50. The van der Waals surface area contributed by atoms with Crippen molar-refractivity contribution in [2.75, 3.05) is 5.32 Å². The predicted molar refractivity (Wildman–Crippen MR) is 88.3 cm³/mol. The molecule has 2 aromatic rings. The zero-order valence-corrected chi connectivity index (χ0v) is 13.7. The summed E-state index contributed by atoms with van der Waals surface area (Å²) in [6.07, 6.45) is 0. The highest BCUT2D eigenvalue weighted by Crippen LogP contribution is 2.23. The fraction of sp³-hybridized carbons (Fsp3) is 0.0714. The van der Waals surface area contributed by atoms with E-state index >= 15 is 0 Å². The fourth-order valence-corrected chi connectivity index (χ4v) is 2.51. The van der Waals surface area contributed by atoms with Gasteiger partial charge in [-0.25, -0.2) is 0 Å². The minimum Gasteiger partial charge on any atom is -0.322 e. The van der Waals surface area contributed by atoms with E-state index in [0.29, 0.717) is 21.3 Å². The van der Waals surface area contributed by atoms with Crippen molar-refractivity contribution in [3.8, 4) is 0 Å². The Bertz CT molecular complexity index is 643. The summed E-state index contributed by atoms with van der Waals surface area (Å²) in [6, 6.07) is 10.6. The number of rotatable bonds is 2. The van der Waals surface area contributed by atoms with Gasteiger partial charge in [-0.3, -0.25) is 4.79 Å². The van der Waals surface area contributed by atoms with Crippen LogP contribution in [-0.2, 0) is 0 Å². The summed E-state index contributed by atoms with van der Waals surface area (Å²) in [5, 5.41) is 3.97. The second kappa shape index (κ2) is 6.11. The Labute approximate surface area is 135 Å². The Kier molecular flexibility index (Phi) is 4.71. The minimum atomic E-state index is -0.197. The van der Waals surface area contributed by atoms with Crippen molar-refractivity contribution in [1.82, 2.24) is 0 Å². The van der Waals surface area contributed by atoms with Crippen molar-refractivity contribution < 1.29 is 4.79 Å². The number of halogens is 3. The first kappa shape index (κ1) is 14.6. The standard InChI is InChI=1S/C14H10Cl2INO/c1-8-2-3-10(16)7-13(8)18-14(19)11-6-9(15)4-5-12(11)17/h2-7H,1H3,(H,18,19). The molecule has 0 atom stereocenters. The number of nitrogens with one attached hydrogen (secondary N) is 1. The topological polar surface area (TPSA) is 29.1 Å². The molecule has 0 fully saturated rings. The highest BCUT2D eigenvalue weighted by Gasteiger charge is 2.12. The number of carbonyl (C=O) groups excluding carboxylic acids is 1. The zero-order chi connectivity index (χ0) is 14.0. The van der Waals surface area contributed by atoms with E-state index in [-0.39, 0.29) is 5.91 Å². The van der Waals surface area contributed by atoms with Gasteiger partial charge in [-0.15, -0.1) is 0 Å². The van der Waals surface area contributed by atoms with Gasteiger partial charge in [0.05, 0.1) is 5.56 Å². The number of aryl methyl sites for hydroxylation is 1. The van der Waals surface area contributed by atoms with Gasteiger partial charge in [0.15, 0.2) is 0 Å². The SMILES string of the molecule is Cc1ccc(Cl)cc1NC(=O)c1cc(Cl)ccc1I. The Hall–Kier alpha value is -0.780. The van der Waals surface area contributed by atoms with Crippen LogP contribution in [0.4, 0.5) is 5.69 Å². The van der Waals surface area contributed by atoms with Crippen LogP contribution in [0.1, 0.15) is 15.9 Å². The van der Waals surface area contributed by atoms with Gasteiger partial charge in [0, 0.05) is 19.3 Å². The van der Waals surface area contributed by atoms with Crippen molar-refractivity contribution in [2.45, 2.75) is 6.92 Å². The molecule has 0 bridgehead atoms. The molecule has 19 heavy (non-hydrogen) atoms. The number of anilines is 1. The maximum absolute atomic E-state index is 12.2. The molecule has 0 aliphatic heterocycles. The molecule has 2 nitrogen and oxygen atoms in total. The molecule has 0 saturated heterocycles. The van der Waals surface area contributed by atoms with Gasteiger partial charge in [0.25, 0.3) is 5.91 Å². The fourth-order valence-electron chi connectivity index (χ4n) is 1.59. The summed E-state index contributed by atoms with van der Waals surface area (Å²) >= 11 is 13.9. The van der Waals surface area contributed by atoms with Gasteiger partial charge in [0.2, 0.25) is 0 Å². The van der Waals surface area contributed by atoms with Crippen LogP contribution in [0.3, 0.4) is 0 Å². The molecule has 0 aromatic heterocycles. The molecule has 1 N–H and O–H groups in total. The van der Waals surface area contributed by atoms with Crippen LogP contribution in [0.15, 0.2) is 36.4 Å². The first-order chi connectivity index (χ1) is 8.97. The highest BCUT2D eigenvalue weighted by atomic mass is 127. The van der Waals surface area contributed by atoms with E-state index in [2.05, 4.69) is 27.9 Å². The smallest absolute Gasteiger partial charge is 0.256 e. The maximum Gasteiger partial charge on any atom is 0.256 e. The van der Waals surface area contributed by atoms with Gasteiger partial charge < -0.3 is 5.32 Å². The molecule has 98 valence electrons. The zero-order valence-electron chi connectivity index (χ0n) is 10.0. The summed E-state index contributed by atoms with van der Waals surface area (Å²) in [5.41, 5.74) is 2.20. The quantitative estimate of drug-likeness (QED) is 0.687. The van der Waals surface area contributed by atoms with E-state index in [0.717, 1.165) is 9.13 Å². The van der Waals surface area contributed by atoms with Gasteiger partial charge in [0.1, 0.15) is 0 Å². The summed E-state index contributed by atoms with van der Waals surface area (Å²) in [5.74, 6) is -0.197. The van der Waals surface area contributed by atoms with Crippen molar-refractivity contribution in [3.63, 3.8) is 0 Å². The van der Waals surface area contributed by atoms with Gasteiger partial charge in [-0.2, -0.15) is 0 Å². The molecule has 0 heterocycles. The number of hydrogen-bond acceptors (Lipinski definition) is 1. The van der Waals surface area contributed by atoms with E-state index < -0.39 is 0 Å². The van der Waals surface area contributed by atoms with Crippen LogP contribution in [0.25, 0.3) is 0 Å². The maximum atomic E-state index is 12.2. The van der Waals surface area contributed by atoms with E-state index in [9.17, 15) is 4.79 Å². The third-order valence-electron chi connectivity index (χ3n) is 2.62. The van der Waals surface area contributed by atoms with Crippen LogP contribution in [-0.4, -0.2) is 5.91 Å². The average Bonchev–Trinajstić information content (AvgIpc) is 2.36. The summed E-state index contributed by atoms with van der Waals surface area (Å²) in [7, 11) is 0.